The molecule has 0 aliphatic carbocycles. The number of tetrazole rings is 1. The monoisotopic (exact) mass is 686 g/mol. The Labute approximate surface area is 264 Å². The molecule has 1 aromatic heterocycles. The van der Waals surface area contributed by atoms with Gasteiger partial charge in [0.2, 0.25) is 11.1 Å². The highest BCUT2D eigenvalue weighted by molar-refractivity contribution is 9.09. The number of aromatic nitrogens is 4. The Morgan fingerprint density at radius 1 is 1.14 bits per heavy atom. The first-order valence-electron chi connectivity index (χ1n) is 13.1. The van der Waals surface area contributed by atoms with Crippen molar-refractivity contribution < 1.29 is 28.7 Å². The third kappa shape index (κ3) is 6.25. The van der Waals surface area contributed by atoms with Gasteiger partial charge in [-0.2, -0.15) is 0 Å². The van der Waals surface area contributed by atoms with Crippen LogP contribution in [-0.2, 0) is 35.7 Å². The number of β-lactam (4-membered cyclic amide) rings is 1. The summed E-state index contributed by atoms with van der Waals surface area (Å²) in [5.74, 6) is -1.71. The summed E-state index contributed by atoms with van der Waals surface area (Å²) in [6.45, 7) is 0. The van der Waals surface area contributed by atoms with Crippen LogP contribution in [-0.4, -0.2) is 83.7 Å². The van der Waals surface area contributed by atoms with E-state index in [0.717, 1.165) is 11.1 Å². The van der Waals surface area contributed by atoms with Crippen LogP contribution < -0.4 is 5.32 Å². The summed E-state index contributed by atoms with van der Waals surface area (Å²) >= 11 is 5.69. The lowest BCUT2D eigenvalue weighted by Crippen LogP contribution is -2.80. The maximum absolute atomic E-state index is 14.1. The average molecular weight is 688 g/mol. The summed E-state index contributed by atoms with van der Waals surface area (Å²) in [5, 5.41) is 13.9. The lowest BCUT2D eigenvalue weighted by Gasteiger charge is -2.56. The molecule has 2 aromatic carbocycles. The number of nitrogens with zero attached hydrogens (tertiary/aromatic N) is 5. The lowest BCUT2D eigenvalue weighted by molar-refractivity contribution is -0.193. The molecule has 1 fully saturated rings. The van der Waals surface area contributed by atoms with Crippen LogP contribution in [0.1, 0.15) is 23.7 Å². The van der Waals surface area contributed by atoms with Crippen molar-refractivity contribution in [3.63, 3.8) is 0 Å². The molecule has 224 valence electrons. The fourth-order valence-electron chi connectivity index (χ4n) is 4.76. The van der Waals surface area contributed by atoms with Crippen molar-refractivity contribution in [2.24, 2.45) is 7.05 Å². The summed E-state index contributed by atoms with van der Waals surface area (Å²) in [7, 11) is 3.01. The van der Waals surface area contributed by atoms with E-state index in [1.165, 1.54) is 40.2 Å². The SMILES string of the molecule is CO[C@@]1(NC(=O)CC(=O)CBr)C(=O)N2C(C(=O)OC(c3ccccc3)c3ccccc3)=C(CSc3nnnn3C)CS[C@H]21. The number of ketones is 1. The van der Waals surface area contributed by atoms with Gasteiger partial charge in [0, 0.05) is 25.7 Å². The van der Waals surface area contributed by atoms with Crippen molar-refractivity contribution in [3.05, 3.63) is 83.1 Å². The number of fused-ring (bicyclic) bond motifs is 1. The Morgan fingerprint density at radius 3 is 2.35 bits per heavy atom. The number of methoxy groups -OCH3 is 1. The molecule has 0 unspecified atom stereocenters. The normalized spacial score (nSPS) is 19.6. The molecule has 2 aliphatic heterocycles. The molecule has 1 N–H and O–H groups in total. The zero-order valence-electron chi connectivity index (χ0n) is 23.1. The first kappa shape index (κ1) is 30.9. The van der Waals surface area contributed by atoms with E-state index in [0.29, 0.717) is 22.2 Å². The number of Topliss-reactive ketones (excluding diaryl/α,β-unsaturated/α-hetero) is 1. The number of aryl methyl sites for hydroxylation is 1. The van der Waals surface area contributed by atoms with Gasteiger partial charge in [0.1, 0.15) is 11.1 Å². The summed E-state index contributed by atoms with van der Waals surface area (Å²) in [6, 6.07) is 18.6. The quantitative estimate of drug-likeness (QED) is 0.0749. The molecule has 12 nitrogen and oxygen atoms in total. The second-order valence-electron chi connectivity index (χ2n) is 9.61. The van der Waals surface area contributed by atoms with E-state index in [4.69, 9.17) is 9.47 Å². The van der Waals surface area contributed by atoms with E-state index in [1.807, 2.05) is 60.7 Å². The number of benzene rings is 2. The minimum atomic E-state index is -1.75. The Hall–Kier alpha value is -3.53. The smallest absolute Gasteiger partial charge is 0.356 e. The fraction of sp³-hybridized carbons (Fsp3) is 0.321. The van der Waals surface area contributed by atoms with Gasteiger partial charge < -0.3 is 14.8 Å². The number of carbonyl (C=O) groups is 4. The first-order chi connectivity index (χ1) is 20.8. The highest BCUT2D eigenvalue weighted by atomic mass is 79.9. The number of amides is 2. The van der Waals surface area contributed by atoms with Gasteiger partial charge in [0.05, 0.1) is 11.8 Å². The second kappa shape index (κ2) is 13.4. The van der Waals surface area contributed by atoms with E-state index in [1.54, 1.807) is 7.05 Å². The Bertz CT molecular complexity index is 1520. The third-order valence-electron chi connectivity index (χ3n) is 6.84. The number of carbonyl (C=O) groups excluding carboxylic acids is 4. The standard InChI is InChI=1S/C28H27BrN6O6S2/c1-34-27(31-32-33-34)43-16-19-15-42-26-28(40-2,30-21(37)13-20(36)14-29)25(39)35(26)22(19)24(38)41-23(17-9-5-3-6-10-17)18-11-7-4-8-12-18/h3-12,23,26H,13-16H2,1-2H3,(H,30,37)/t26-,28-/m0/s1. The molecular weight excluding hydrogens is 660 g/mol. The van der Waals surface area contributed by atoms with Gasteiger partial charge in [-0.15, -0.1) is 16.9 Å². The molecule has 2 atom stereocenters. The molecule has 1 saturated heterocycles. The summed E-state index contributed by atoms with van der Waals surface area (Å²) < 4.78 is 13.3. The summed E-state index contributed by atoms with van der Waals surface area (Å²) in [4.78, 5) is 53.7. The molecule has 0 radical (unpaired) electrons. The van der Waals surface area contributed by atoms with Crippen molar-refractivity contribution in [2.75, 3.05) is 23.9 Å². The molecule has 2 amide bonds. The van der Waals surface area contributed by atoms with Gasteiger partial charge in [-0.25, -0.2) is 9.48 Å². The van der Waals surface area contributed by atoms with Crippen molar-refractivity contribution >= 4 is 63.0 Å². The van der Waals surface area contributed by atoms with Crippen LogP contribution in [0.15, 0.2) is 77.1 Å². The van der Waals surface area contributed by atoms with Crippen molar-refractivity contribution in [2.45, 2.75) is 28.8 Å². The number of nitrogens with one attached hydrogen (secondary N) is 1. The molecule has 15 heteroatoms. The van der Waals surface area contributed by atoms with Gasteiger partial charge in [-0.1, -0.05) is 88.4 Å². The van der Waals surface area contributed by atoms with E-state index >= 15 is 0 Å². The van der Waals surface area contributed by atoms with Crippen LogP contribution >= 0.6 is 39.5 Å². The van der Waals surface area contributed by atoms with Gasteiger partial charge in [-0.3, -0.25) is 19.3 Å². The number of alkyl halides is 1. The predicted octanol–water partition coefficient (Wildman–Crippen LogP) is 2.62. The molecule has 5 rings (SSSR count). The van der Waals surface area contributed by atoms with E-state index in [2.05, 4.69) is 36.8 Å². The molecular formula is C28H27BrN6O6S2. The Kier molecular flexibility index (Phi) is 9.64. The average Bonchev–Trinajstić information content (AvgIpc) is 3.45. The van der Waals surface area contributed by atoms with E-state index in [-0.39, 0.29) is 16.8 Å². The number of thioether (sulfide) groups is 2. The molecule has 0 spiro atoms. The van der Waals surface area contributed by atoms with Crippen LogP contribution in [0.4, 0.5) is 0 Å². The number of hydrogen-bond acceptors (Lipinski definition) is 11. The Balaban J connectivity index is 1.48. The highest BCUT2D eigenvalue weighted by Crippen LogP contribution is 2.48. The maximum atomic E-state index is 14.1. The first-order valence-corrected chi connectivity index (χ1v) is 16.2. The van der Waals surface area contributed by atoms with Gasteiger partial charge >= 0.3 is 5.97 Å². The van der Waals surface area contributed by atoms with Gasteiger partial charge in [0.25, 0.3) is 11.6 Å². The predicted molar refractivity (Wildman–Crippen MR) is 162 cm³/mol. The summed E-state index contributed by atoms with van der Waals surface area (Å²) in [5.41, 5.74) is 0.486. The van der Waals surface area contributed by atoms with Crippen LogP contribution in [0.5, 0.6) is 0 Å². The number of halogens is 1. The van der Waals surface area contributed by atoms with Crippen molar-refractivity contribution in [3.8, 4) is 0 Å². The Morgan fingerprint density at radius 2 is 1.79 bits per heavy atom. The zero-order chi connectivity index (χ0) is 30.6. The number of rotatable bonds is 12. The molecule has 0 bridgehead atoms. The molecule has 0 saturated carbocycles. The summed E-state index contributed by atoms with van der Waals surface area (Å²) in [6.07, 6.45) is -1.17. The minimum Gasteiger partial charge on any atom is -0.448 e. The molecule has 3 aromatic rings. The lowest BCUT2D eigenvalue weighted by atomic mass is 9.97. The number of esters is 1. The largest absolute Gasteiger partial charge is 0.448 e. The van der Waals surface area contributed by atoms with Crippen LogP contribution in [0.25, 0.3) is 0 Å². The maximum Gasteiger partial charge on any atom is 0.356 e. The number of hydrogen-bond donors (Lipinski definition) is 1. The molecule has 3 heterocycles. The van der Waals surface area contributed by atoms with Gasteiger partial charge in [-0.05, 0) is 27.1 Å². The van der Waals surface area contributed by atoms with Crippen molar-refractivity contribution in [1.82, 2.24) is 30.4 Å². The van der Waals surface area contributed by atoms with Crippen molar-refractivity contribution in [1.29, 1.82) is 0 Å². The third-order valence-corrected chi connectivity index (χ3v) is 9.94. The number of ether oxygens (including phenoxy) is 2. The van der Waals surface area contributed by atoms with E-state index < -0.39 is 41.4 Å². The van der Waals surface area contributed by atoms with Crippen LogP contribution in [0, 0.1) is 0 Å². The van der Waals surface area contributed by atoms with E-state index in [9.17, 15) is 19.2 Å². The molecule has 43 heavy (non-hydrogen) atoms. The van der Waals surface area contributed by atoms with Crippen LogP contribution in [0.3, 0.4) is 0 Å². The molecule has 2 aliphatic rings. The van der Waals surface area contributed by atoms with Gasteiger partial charge in [0.15, 0.2) is 11.9 Å². The minimum absolute atomic E-state index is 0.00341. The fourth-order valence-corrected chi connectivity index (χ4v) is 7.39. The zero-order valence-corrected chi connectivity index (χ0v) is 26.4. The van der Waals surface area contributed by atoms with Crippen LogP contribution in [0.2, 0.25) is 0 Å². The second-order valence-corrected chi connectivity index (χ2v) is 12.2. The topological polar surface area (TPSA) is 146 Å². The highest BCUT2D eigenvalue weighted by Gasteiger charge is 2.66.